The van der Waals surface area contributed by atoms with E-state index in [2.05, 4.69) is 15.6 Å². The molecule has 1 fully saturated rings. The van der Waals surface area contributed by atoms with Crippen molar-refractivity contribution in [3.05, 3.63) is 24.3 Å². The summed E-state index contributed by atoms with van der Waals surface area (Å²) in [5.41, 5.74) is 6.07. The van der Waals surface area contributed by atoms with Gasteiger partial charge in [0.15, 0.2) is 5.13 Å². The van der Waals surface area contributed by atoms with Gasteiger partial charge in [0.1, 0.15) is 0 Å². The average molecular weight is 333 g/mol. The Bertz CT molecular complexity index is 676. The minimum Gasteiger partial charge on any atom is -0.369 e. The number of hydrogen-bond acceptors (Lipinski definition) is 5. The number of rotatable bonds is 4. The van der Waals surface area contributed by atoms with Crippen molar-refractivity contribution >= 4 is 38.6 Å². The summed E-state index contributed by atoms with van der Waals surface area (Å²) in [6.45, 7) is 1.80. The first-order chi connectivity index (χ1) is 11.1. The highest BCUT2D eigenvalue weighted by Crippen LogP contribution is 2.25. The molecule has 0 aliphatic carbocycles. The number of nitrogens with two attached hydrogens (primary N) is 1. The van der Waals surface area contributed by atoms with Gasteiger partial charge in [0, 0.05) is 19.1 Å². The fraction of sp³-hybridized carbons (Fsp3) is 0.400. The summed E-state index contributed by atoms with van der Waals surface area (Å²) in [5, 5.41) is 6.34. The standard InChI is InChI=1S/C15H19N5O2S/c16-13(21)9-20-7-5-10(6-8-20)17-14(22)19-15-18-11-3-1-2-4-12(11)23-15/h1-4,10H,5-9H2,(H2,16,21)(H2,17,18,19,22). The van der Waals surface area contributed by atoms with E-state index in [1.807, 2.05) is 29.2 Å². The van der Waals surface area contributed by atoms with E-state index in [9.17, 15) is 9.59 Å². The molecule has 0 saturated carbocycles. The molecule has 4 N–H and O–H groups in total. The maximum atomic E-state index is 12.1. The zero-order valence-corrected chi connectivity index (χ0v) is 13.4. The number of urea groups is 1. The number of anilines is 1. The summed E-state index contributed by atoms with van der Waals surface area (Å²) in [7, 11) is 0. The van der Waals surface area contributed by atoms with Crippen LogP contribution in [0.15, 0.2) is 24.3 Å². The Balaban J connectivity index is 1.49. The second-order valence-corrected chi connectivity index (χ2v) is 6.63. The van der Waals surface area contributed by atoms with Gasteiger partial charge >= 0.3 is 6.03 Å². The van der Waals surface area contributed by atoms with Crippen LogP contribution in [-0.2, 0) is 4.79 Å². The van der Waals surface area contributed by atoms with E-state index in [0.717, 1.165) is 36.1 Å². The topological polar surface area (TPSA) is 100 Å². The highest BCUT2D eigenvalue weighted by Gasteiger charge is 2.21. The van der Waals surface area contributed by atoms with E-state index in [0.29, 0.717) is 5.13 Å². The fourth-order valence-corrected chi connectivity index (χ4v) is 3.56. The second kappa shape index (κ2) is 6.93. The number of hydrogen-bond donors (Lipinski definition) is 3. The fourth-order valence-electron chi connectivity index (χ4n) is 2.70. The van der Waals surface area contributed by atoms with Gasteiger partial charge in [-0.25, -0.2) is 9.78 Å². The maximum Gasteiger partial charge on any atom is 0.321 e. The molecule has 2 aromatic rings. The Labute approximate surface area is 137 Å². The Morgan fingerprint density at radius 2 is 2.04 bits per heavy atom. The third kappa shape index (κ3) is 4.17. The SMILES string of the molecule is NC(=O)CN1CCC(NC(=O)Nc2nc3ccccc3s2)CC1. The lowest BCUT2D eigenvalue weighted by atomic mass is 10.1. The Morgan fingerprint density at radius 1 is 1.30 bits per heavy atom. The van der Waals surface area contributed by atoms with Gasteiger partial charge in [0.2, 0.25) is 5.91 Å². The summed E-state index contributed by atoms with van der Waals surface area (Å²) in [4.78, 5) is 29.4. The minimum absolute atomic E-state index is 0.105. The van der Waals surface area contributed by atoms with Crippen molar-refractivity contribution in [2.45, 2.75) is 18.9 Å². The van der Waals surface area contributed by atoms with Crippen molar-refractivity contribution < 1.29 is 9.59 Å². The first-order valence-electron chi connectivity index (χ1n) is 7.54. The summed E-state index contributed by atoms with van der Waals surface area (Å²) >= 11 is 1.45. The number of fused-ring (bicyclic) bond motifs is 1. The molecule has 0 bridgehead atoms. The van der Waals surface area contributed by atoms with E-state index in [4.69, 9.17) is 5.73 Å². The predicted molar refractivity (Wildman–Crippen MR) is 90.4 cm³/mol. The molecular formula is C15H19N5O2S. The quantitative estimate of drug-likeness (QED) is 0.786. The first kappa shape index (κ1) is 15.7. The third-order valence-corrected chi connectivity index (χ3v) is 4.77. The Morgan fingerprint density at radius 3 is 2.74 bits per heavy atom. The van der Waals surface area contributed by atoms with Crippen LogP contribution in [0.5, 0.6) is 0 Å². The molecule has 1 aliphatic heterocycles. The largest absolute Gasteiger partial charge is 0.369 e. The van der Waals surface area contributed by atoms with Crippen molar-refractivity contribution in [3.8, 4) is 0 Å². The summed E-state index contributed by atoms with van der Waals surface area (Å²) in [6, 6.07) is 7.63. The van der Waals surface area contributed by atoms with Crippen molar-refractivity contribution in [1.29, 1.82) is 0 Å². The number of benzene rings is 1. The molecule has 8 heteroatoms. The molecule has 0 spiro atoms. The average Bonchev–Trinajstić information content (AvgIpc) is 2.90. The number of carbonyl (C=O) groups excluding carboxylic acids is 2. The van der Waals surface area contributed by atoms with Gasteiger partial charge in [0.25, 0.3) is 0 Å². The predicted octanol–water partition coefficient (Wildman–Crippen LogP) is 1.37. The van der Waals surface area contributed by atoms with Crippen molar-refractivity contribution in [2.75, 3.05) is 25.0 Å². The molecule has 1 saturated heterocycles. The molecule has 3 amide bonds. The van der Waals surface area contributed by atoms with Crippen molar-refractivity contribution in [2.24, 2.45) is 5.73 Å². The Hall–Kier alpha value is -2.19. The Kier molecular flexibility index (Phi) is 4.73. The number of primary amides is 1. The molecule has 23 heavy (non-hydrogen) atoms. The highest BCUT2D eigenvalue weighted by atomic mass is 32.1. The number of aromatic nitrogens is 1. The van der Waals surface area contributed by atoms with Crippen molar-refractivity contribution in [3.63, 3.8) is 0 Å². The number of piperidine rings is 1. The monoisotopic (exact) mass is 333 g/mol. The molecule has 0 unspecified atom stereocenters. The van der Waals surface area contributed by atoms with Gasteiger partial charge < -0.3 is 11.1 Å². The summed E-state index contributed by atoms with van der Waals surface area (Å²) in [6.07, 6.45) is 1.61. The number of amides is 3. The van der Waals surface area contributed by atoms with Crippen LogP contribution in [0.25, 0.3) is 10.2 Å². The second-order valence-electron chi connectivity index (χ2n) is 5.60. The molecule has 3 rings (SSSR count). The van der Waals surface area contributed by atoms with Gasteiger partial charge in [-0.3, -0.25) is 15.0 Å². The van der Waals surface area contributed by atoms with Crippen molar-refractivity contribution in [1.82, 2.24) is 15.2 Å². The molecular weight excluding hydrogens is 314 g/mol. The molecule has 0 radical (unpaired) electrons. The summed E-state index contributed by atoms with van der Waals surface area (Å²) in [5.74, 6) is -0.315. The van der Waals surface area contributed by atoms with Crippen LogP contribution in [-0.4, -0.2) is 47.5 Å². The molecule has 1 aromatic heterocycles. The molecule has 0 atom stereocenters. The van der Waals surface area contributed by atoms with E-state index >= 15 is 0 Å². The van der Waals surface area contributed by atoms with Crippen LogP contribution >= 0.6 is 11.3 Å². The smallest absolute Gasteiger partial charge is 0.321 e. The number of nitrogens with one attached hydrogen (secondary N) is 2. The molecule has 122 valence electrons. The minimum atomic E-state index is -0.315. The summed E-state index contributed by atoms with van der Waals surface area (Å²) < 4.78 is 1.04. The van der Waals surface area contributed by atoms with Crippen LogP contribution in [0, 0.1) is 0 Å². The number of nitrogens with zero attached hydrogens (tertiary/aromatic N) is 2. The van der Waals surface area contributed by atoms with E-state index in [1.54, 1.807) is 0 Å². The normalized spacial score (nSPS) is 16.3. The molecule has 7 nitrogen and oxygen atoms in total. The maximum absolute atomic E-state index is 12.1. The zero-order chi connectivity index (χ0) is 16.2. The molecule has 2 heterocycles. The van der Waals surface area contributed by atoms with Gasteiger partial charge in [-0.05, 0) is 25.0 Å². The van der Waals surface area contributed by atoms with E-state index in [1.165, 1.54) is 11.3 Å². The van der Waals surface area contributed by atoms with E-state index < -0.39 is 0 Å². The van der Waals surface area contributed by atoms with Crippen LogP contribution in [0.2, 0.25) is 0 Å². The van der Waals surface area contributed by atoms with Gasteiger partial charge in [-0.15, -0.1) is 0 Å². The lowest BCUT2D eigenvalue weighted by Gasteiger charge is -2.31. The van der Waals surface area contributed by atoms with E-state index in [-0.39, 0.29) is 24.5 Å². The van der Waals surface area contributed by atoms with Gasteiger partial charge in [0.05, 0.1) is 16.8 Å². The van der Waals surface area contributed by atoms with Crippen LogP contribution < -0.4 is 16.4 Å². The van der Waals surface area contributed by atoms with Crippen LogP contribution in [0.3, 0.4) is 0 Å². The molecule has 1 aromatic carbocycles. The highest BCUT2D eigenvalue weighted by molar-refractivity contribution is 7.22. The van der Waals surface area contributed by atoms with Crippen LogP contribution in [0.4, 0.5) is 9.93 Å². The van der Waals surface area contributed by atoms with Gasteiger partial charge in [-0.2, -0.15) is 0 Å². The number of thiazole rings is 1. The van der Waals surface area contributed by atoms with Crippen LogP contribution in [0.1, 0.15) is 12.8 Å². The van der Waals surface area contributed by atoms with Gasteiger partial charge in [-0.1, -0.05) is 23.5 Å². The number of para-hydroxylation sites is 1. The first-order valence-corrected chi connectivity index (χ1v) is 8.35. The zero-order valence-electron chi connectivity index (χ0n) is 12.6. The third-order valence-electron chi connectivity index (χ3n) is 3.82. The lowest BCUT2D eigenvalue weighted by molar-refractivity contribution is -0.119. The number of likely N-dealkylation sites (tertiary alicyclic amines) is 1. The molecule has 1 aliphatic rings. The lowest BCUT2D eigenvalue weighted by Crippen LogP contribution is -2.47. The number of carbonyl (C=O) groups is 2.